The van der Waals surface area contributed by atoms with Crippen LogP contribution >= 0.6 is 0 Å². The highest BCUT2D eigenvalue weighted by Gasteiger charge is 2.16. The molecule has 4 heteroatoms. The topological polar surface area (TPSA) is 60.4 Å². The fraction of sp³-hybridized carbons (Fsp3) is 0.417. The van der Waals surface area contributed by atoms with Crippen LogP contribution in [0, 0.1) is 0 Å². The third-order valence-corrected chi connectivity index (χ3v) is 2.25. The van der Waals surface area contributed by atoms with Crippen LogP contribution in [0.25, 0.3) is 0 Å². The van der Waals surface area contributed by atoms with Crippen LogP contribution in [0.5, 0.6) is 0 Å². The molecular weight excluding hydrogens is 208 g/mol. The summed E-state index contributed by atoms with van der Waals surface area (Å²) in [5.74, 6) is -0.585. The summed E-state index contributed by atoms with van der Waals surface area (Å²) >= 11 is 0. The van der Waals surface area contributed by atoms with E-state index >= 15 is 0 Å². The molecule has 0 fully saturated rings. The van der Waals surface area contributed by atoms with Crippen LogP contribution in [-0.2, 0) is 19.1 Å². The molecule has 0 saturated heterocycles. The zero-order valence-corrected chi connectivity index (χ0v) is 9.41. The zero-order valence-electron chi connectivity index (χ0n) is 9.41. The first-order chi connectivity index (χ1) is 7.50. The lowest BCUT2D eigenvalue weighted by atomic mass is 9.95. The maximum absolute atomic E-state index is 11.5. The third kappa shape index (κ3) is 3.46. The number of carbonyl (C=O) groups is 3. The zero-order chi connectivity index (χ0) is 12.1. The molecule has 0 unspecified atom stereocenters. The van der Waals surface area contributed by atoms with Gasteiger partial charge in [-0.3, -0.25) is 14.4 Å². The quantitative estimate of drug-likeness (QED) is 0.409. The molecule has 4 nitrogen and oxygen atoms in total. The van der Waals surface area contributed by atoms with Gasteiger partial charge in [0, 0.05) is 18.1 Å². The van der Waals surface area contributed by atoms with E-state index in [4.69, 9.17) is 4.74 Å². The summed E-state index contributed by atoms with van der Waals surface area (Å²) < 4.78 is 4.74. The molecule has 0 aliphatic heterocycles. The summed E-state index contributed by atoms with van der Waals surface area (Å²) in [6.45, 7) is 3.23. The van der Waals surface area contributed by atoms with E-state index in [1.54, 1.807) is 6.92 Å². The van der Waals surface area contributed by atoms with E-state index in [1.165, 1.54) is 19.1 Å². The molecule has 0 aromatic rings. The predicted octanol–water partition coefficient (Wildman–Crippen LogP) is 1.35. The molecule has 0 amide bonds. The Hall–Kier alpha value is -1.71. The molecule has 0 aromatic carbocycles. The van der Waals surface area contributed by atoms with Gasteiger partial charge in [0.2, 0.25) is 0 Å². The fourth-order valence-electron chi connectivity index (χ4n) is 1.38. The van der Waals surface area contributed by atoms with Gasteiger partial charge in [0.15, 0.2) is 11.6 Å². The minimum absolute atomic E-state index is 0.123. The van der Waals surface area contributed by atoms with Gasteiger partial charge in [-0.2, -0.15) is 0 Å². The van der Waals surface area contributed by atoms with Crippen molar-refractivity contribution in [3.63, 3.8) is 0 Å². The molecule has 0 saturated carbocycles. The number of esters is 1. The lowest BCUT2D eigenvalue weighted by molar-refractivity contribution is -0.141. The Morgan fingerprint density at radius 3 is 2.56 bits per heavy atom. The third-order valence-electron chi connectivity index (χ3n) is 2.25. The number of allylic oxidation sites excluding steroid dienone is 4. The van der Waals surface area contributed by atoms with Crippen molar-refractivity contribution in [2.75, 3.05) is 6.61 Å². The second kappa shape index (κ2) is 5.39. The average molecular weight is 222 g/mol. The van der Waals surface area contributed by atoms with Gasteiger partial charge in [-0.15, -0.1) is 0 Å². The molecule has 0 heterocycles. The van der Waals surface area contributed by atoms with Gasteiger partial charge in [0.1, 0.15) is 0 Å². The molecule has 0 N–H and O–H groups in total. The SMILES string of the molecule is CC(=O)OCCCC1=CC(=O)C(C)=CC1=O. The Morgan fingerprint density at radius 2 is 1.94 bits per heavy atom. The lowest BCUT2D eigenvalue weighted by Crippen LogP contribution is -2.12. The molecule has 0 spiro atoms. The van der Waals surface area contributed by atoms with Crippen LogP contribution in [0.1, 0.15) is 26.7 Å². The van der Waals surface area contributed by atoms with Crippen molar-refractivity contribution in [1.29, 1.82) is 0 Å². The average Bonchev–Trinajstić information content (AvgIpc) is 2.19. The highest BCUT2D eigenvalue weighted by molar-refractivity contribution is 6.19. The lowest BCUT2D eigenvalue weighted by Gasteiger charge is -2.09. The maximum Gasteiger partial charge on any atom is 0.302 e. The fourth-order valence-corrected chi connectivity index (χ4v) is 1.38. The van der Waals surface area contributed by atoms with Gasteiger partial charge in [-0.05, 0) is 31.9 Å². The van der Waals surface area contributed by atoms with Gasteiger partial charge >= 0.3 is 5.97 Å². The largest absolute Gasteiger partial charge is 0.466 e. The van der Waals surface area contributed by atoms with Gasteiger partial charge in [-0.1, -0.05) is 0 Å². The smallest absolute Gasteiger partial charge is 0.302 e. The highest BCUT2D eigenvalue weighted by atomic mass is 16.5. The van der Waals surface area contributed by atoms with Crippen LogP contribution in [0.3, 0.4) is 0 Å². The van der Waals surface area contributed by atoms with Crippen LogP contribution in [0.4, 0.5) is 0 Å². The summed E-state index contributed by atoms with van der Waals surface area (Å²) in [5.41, 5.74) is 0.955. The molecule has 1 rings (SSSR count). The Labute approximate surface area is 94.0 Å². The summed E-state index contributed by atoms with van der Waals surface area (Å²) in [6, 6.07) is 0. The molecule has 16 heavy (non-hydrogen) atoms. The molecule has 0 radical (unpaired) electrons. The van der Waals surface area contributed by atoms with Crippen molar-refractivity contribution in [2.45, 2.75) is 26.7 Å². The second-order valence-electron chi connectivity index (χ2n) is 3.67. The van der Waals surface area contributed by atoms with Crippen molar-refractivity contribution in [2.24, 2.45) is 0 Å². The highest BCUT2D eigenvalue weighted by Crippen LogP contribution is 2.15. The van der Waals surface area contributed by atoms with Crippen molar-refractivity contribution in [3.05, 3.63) is 23.3 Å². The van der Waals surface area contributed by atoms with E-state index in [9.17, 15) is 14.4 Å². The maximum atomic E-state index is 11.5. The summed E-state index contributed by atoms with van der Waals surface area (Å²) in [4.78, 5) is 33.3. The van der Waals surface area contributed by atoms with Gasteiger partial charge < -0.3 is 4.74 Å². The van der Waals surface area contributed by atoms with E-state index in [-0.39, 0.29) is 24.1 Å². The molecule has 86 valence electrons. The van der Waals surface area contributed by atoms with Gasteiger partial charge in [0.25, 0.3) is 0 Å². The second-order valence-corrected chi connectivity index (χ2v) is 3.67. The van der Waals surface area contributed by atoms with E-state index < -0.39 is 0 Å². The summed E-state index contributed by atoms with van der Waals surface area (Å²) in [5, 5.41) is 0. The van der Waals surface area contributed by atoms with E-state index in [0.29, 0.717) is 24.0 Å². The van der Waals surface area contributed by atoms with E-state index in [2.05, 4.69) is 0 Å². The van der Waals surface area contributed by atoms with Crippen molar-refractivity contribution >= 4 is 17.5 Å². The summed E-state index contributed by atoms with van der Waals surface area (Å²) in [6.07, 6.45) is 3.73. The number of hydrogen-bond acceptors (Lipinski definition) is 4. The normalized spacial score (nSPS) is 15.6. The summed E-state index contributed by atoms with van der Waals surface area (Å²) in [7, 11) is 0. The Bertz CT molecular complexity index is 388. The Balaban J connectivity index is 2.44. The van der Waals surface area contributed by atoms with Gasteiger partial charge in [-0.25, -0.2) is 0 Å². The first kappa shape index (κ1) is 12.4. The monoisotopic (exact) mass is 222 g/mol. The van der Waals surface area contributed by atoms with E-state index in [1.807, 2.05) is 0 Å². The number of rotatable bonds is 4. The van der Waals surface area contributed by atoms with Crippen molar-refractivity contribution in [3.8, 4) is 0 Å². The standard InChI is InChI=1S/C12H14O4/c1-8-6-12(15)10(7-11(8)14)4-3-5-16-9(2)13/h6-7H,3-5H2,1-2H3. The number of hydrogen-bond donors (Lipinski definition) is 0. The van der Waals surface area contributed by atoms with Crippen LogP contribution in [-0.4, -0.2) is 24.1 Å². The Morgan fingerprint density at radius 1 is 1.25 bits per heavy atom. The molecule has 0 bridgehead atoms. The van der Waals surface area contributed by atoms with E-state index in [0.717, 1.165) is 0 Å². The number of ketones is 2. The van der Waals surface area contributed by atoms with Crippen LogP contribution < -0.4 is 0 Å². The molecule has 1 aliphatic rings. The first-order valence-corrected chi connectivity index (χ1v) is 5.11. The van der Waals surface area contributed by atoms with Crippen LogP contribution in [0.15, 0.2) is 23.3 Å². The van der Waals surface area contributed by atoms with Crippen molar-refractivity contribution < 1.29 is 19.1 Å². The molecule has 0 atom stereocenters. The minimum atomic E-state index is -0.337. The van der Waals surface area contributed by atoms with Gasteiger partial charge in [0.05, 0.1) is 6.61 Å². The number of carbonyl (C=O) groups excluding carboxylic acids is 3. The Kier molecular flexibility index (Phi) is 4.17. The minimum Gasteiger partial charge on any atom is -0.466 e. The van der Waals surface area contributed by atoms with Crippen molar-refractivity contribution in [1.82, 2.24) is 0 Å². The number of ether oxygens (including phenoxy) is 1. The molecule has 0 aromatic heterocycles. The predicted molar refractivity (Wildman–Crippen MR) is 57.7 cm³/mol. The first-order valence-electron chi connectivity index (χ1n) is 5.11. The van der Waals surface area contributed by atoms with Crippen LogP contribution in [0.2, 0.25) is 0 Å². The molecular formula is C12H14O4. The molecule has 1 aliphatic carbocycles.